The van der Waals surface area contributed by atoms with Crippen LogP contribution in [0, 0.1) is 6.92 Å². The van der Waals surface area contributed by atoms with Gasteiger partial charge in [-0.2, -0.15) is 0 Å². The zero-order chi connectivity index (χ0) is 56.4. The highest BCUT2D eigenvalue weighted by Gasteiger charge is 2.45. The Kier molecular flexibility index (Phi) is 12.3. The molecule has 3 aliphatic rings. The zero-order valence-electron chi connectivity index (χ0n) is 48.9. The molecular weight excluding hydrogens is 1020 g/mol. The second kappa shape index (κ2) is 19.4. The molecule has 0 amide bonds. The summed E-state index contributed by atoms with van der Waals surface area (Å²) in [6.45, 7) is 24.0. The third-order valence-electron chi connectivity index (χ3n) is 17.3. The fraction of sp³-hybridized carbons (Fsp3) is 0.211. The van der Waals surface area contributed by atoms with E-state index >= 15 is 0 Å². The van der Waals surface area contributed by atoms with E-state index < -0.39 is 0 Å². The van der Waals surface area contributed by atoms with Crippen LogP contribution in [0.25, 0.3) is 64.7 Å². The van der Waals surface area contributed by atoms with Crippen molar-refractivity contribution in [3.63, 3.8) is 0 Å². The maximum Gasteiger partial charge on any atom is 0.252 e. The Morgan fingerprint density at radius 2 is 0.939 bits per heavy atom. The molecule has 4 heterocycles. The molecule has 14 rings (SSSR count). The van der Waals surface area contributed by atoms with Crippen LogP contribution in [0.3, 0.4) is 0 Å². The third-order valence-corrected chi connectivity index (χ3v) is 18.5. The molecule has 11 aromatic rings. The molecule has 0 saturated heterocycles. The number of thiophene rings is 1. The topological polar surface area (TPSA) is 24.9 Å². The van der Waals surface area contributed by atoms with Crippen molar-refractivity contribution in [1.82, 2.24) is 0 Å². The van der Waals surface area contributed by atoms with Crippen molar-refractivity contribution in [2.45, 2.75) is 91.9 Å². The molecule has 0 atom stereocenters. The highest BCUT2D eigenvalue weighted by molar-refractivity contribution is 7.25. The van der Waals surface area contributed by atoms with E-state index in [1.54, 1.807) is 0 Å². The minimum absolute atomic E-state index is 0.0263. The first-order valence-electron chi connectivity index (χ1n) is 29.2. The van der Waals surface area contributed by atoms with Gasteiger partial charge >= 0.3 is 0 Å². The summed E-state index contributed by atoms with van der Waals surface area (Å²) in [5.41, 5.74) is 25.0. The molecule has 0 unspecified atom stereocenters. The average Bonchev–Trinajstić information content (AvgIpc) is 1.36. The molecule has 4 nitrogen and oxygen atoms in total. The van der Waals surface area contributed by atoms with Gasteiger partial charge in [0, 0.05) is 66.7 Å². The summed E-state index contributed by atoms with van der Waals surface area (Å²) in [4.78, 5) is 5.15. The van der Waals surface area contributed by atoms with Gasteiger partial charge in [0.05, 0.1) is 18.9 Å². The summed E-state index contributed by atoms with van der Waals surface area (Å²) in [7, 11) is 0. The van der Waals surface area contributed by atoms with Crippen LogP contribution in [0.4, 0.5) is 34.1 Å². The minimum Gasteiger partial charge on any atom is -0.490 e. The first-order valence-corrected chi connectivity index (χ1v) is 30.1. The average molecular weight is 1090 g/mol. The number of hydrogen-bond donors (Lipinski definition) is 0. The van der Waals surface area contributed by atoms with Gasteiger partial charge in [-0.3, -0.25) is 0 Å². The van der Waals surface area contributed by atoms with Gasteiger partial charge in [0.25, 0.3) is 6.71 Å². The van der Waals surface area contributed by atoms with E-state index in [1.807, 2.05) is 11.3 Å². The SMILES string of the molecule is Cc1cc2c3c(c1)N(c1ccc(C(C)(C)C)cc1-c1ccccc1)c1cc4c(cc1B3c1ccc(-c3ccc5c(c3)sc3ccccc35)cc1N2c1cc(-c2ccc(C(C)(C)C)cc2)cc(-c2ccc(C(C)(C)C)cc2)c1)OCCCO4. The summed E-state index contributed by atoms with van der Waals surface area (Å²) in [6.07, 6.45) is 0.818. The lowest BCUT2D eigenvalue weighted by molar-refractivity contribution is 0.297. The summed E-state index contributed by atoms with van der Waals surface area (Å²) in [5.74, 6) is 1.58. The van der Waals surface area contributed by atoms with E-state index in [0.29, 0.717) is 13.2 Å². The normalized spacial score (nSPS) is 14.0. The maximum atomic E-state index is 6.67. The Morgan fingerprint density at radius 1 is 0.390 bits per heavy atom. The van der Waals surface area contributed by atoms with Gasteiger partial charge < -0.3 is 19.3 Å². The second-order valence-electron chi connectivity index (χ2n) is 26.1. The molecule has 6 heteroatoms. The van der Waals surface area contributed by atoms with Crippen molar-refractivity contribution >= 4 is 88.7 Å². The quantitative estimate of drug-likeness (QED) is 0.155. The molecule has 0 fully saturated rings. The van der Waals surface area contributed by atoms with E-state index in [0.717, 1.165) is 52.0 Å². The molecule has 0 aliphatic carbocycles. The van der Waals surface area contributed by atoms with E-state index in [2.05, 4.69) is 279 Å². The molecule has 0 saturated carbocycles. The van der Waals surface area contributed by atoms with Crippen molar-refractivity contribution in [1.29, 1.82) is 0 Å². The predicted octanol–water partition coefficient (Wildman–Crippen LogP) is 19.2. The zero-order valence-corrected chi connectivity index (χ0v) is 49.7. The Hall–Kier alpha value is -8.32. The van der Waals surface area contributed by atoms with Crippen LogP contribution >= 0.6 is 11.3 Å². The Balaban J connectivity index is 1.06. The van der Waals surface area contributed by atoms with Crippen LogP contribution in [0.1, 0.15) is 91.0 Å². The molecule has 0 N–H and O–H groups in total. The molecule has 404 valence electrons. The van der Waals surface area contributed by atoms with Gasteiger partial charge in [-0.25, -0.2) is 0 Å². The van der Waals surface area contributed by atoms with E-state index in [9.17, 15) is 0 Å². The lowest BCUT2D eigenvalue weighted by Crippen LogP contribution is -2.61. The highest BCUT2D eigenvalue weighted by atomic mass is 32.1. The number of hydrogen-bond acceptors (Lipinski definition) is 5. The van der Waals surface area contributed by atoms with Crippen molar-refractivity contribution in [3.8, 4) is 56.0 Å². The number of anilines is 6. The number of nitrogens with zero attached hydrogens (tertiary/aromatic N) is 2. The van der Waals surface area contributed by atoms with Gasteiger partial charge in [0.15, 0.2) is 11.5 Å². The largest absolute Gasteiger partial charge is 0.490 e. The number of rotatable bonds is 6. The maximum absolute atomic E-state index is 6.67. The Labute approximate surface area is 488 Å². The first-order chi connectivity index (χ1) is 39.4. The number of benzene rings is 10. The number of aryl methyl sites for hydroxylation is 1. The van der Waals surface area contributed by atoms with Crippen LogP contribution < -0.4 is 35.7 Å². The van der Waals surface area contributed by atoms with Crippen LogP contribution in [-0.4, -0.2) is 19.9 Å². The van der Waals surface area contributed by atoms with Gasteiger partial charge in [-0.1, -0.05) is 190 Å². The molecule has 0 radical (unpaired) electrons. The van der Waals surface area contributed by atoms with Crippen molar-refractivity contribution < 1.29 is 9.47 Å². The van der Waals surface area contributed by atoms with Crippen molar-refractivity contribution in [2.24, 2.45) is 0 Å². The fourth-order valence-electron chi connectivity index (χ4n) is 12.9. The standard InChI is InChI=1S/C76H69BN2O2S/c1-47-37-67-73-68(38-47)79(64-34-31-57(76(8,9)10)44-61(64)50-17-12-11-13-18-50)66-46-70-69(80-35-16-36-81-70)45-63(66)77(73)62-33-26-51(52-25-32-60-59-19-14-15-20-71(59)82-72(60)43-52)42-65(62)78(67)58-40-53(48-21-27-55(28-22-48)74(2,3)4)39-54(41-58)49-23-29-56(30-24-49)75(5,6)7/h11-15,17-34,37-46H,16,35-36H2,1-10H3. The van der Waals surface area contributed by atoms with Crippen LogP contribution in [0.15, 0.2) is 200 Å². The van der Waals surface area contributed by atoms with E-state index in [-0.39, 0.29) is 23.0 Å². The van der Waals surface area contributed by atoms with Gasteiger partial charge in [0.1, 0.15) is 0 Å². The number of ether oxygens (including phenoxy) is 2. The Bertz CT molecular complexity index is 4250. The van der Waals surface area contributed by atoms with Gasteiger partial charge in [0.2, 0.25) is 0 Å². The molecule has 1 aromatic heterocycles. The highest BCUT2D eigenvalue weighted by Crippen LogP contribution is 2.51. The summed E-state index contributed by atoms with van der Waals surface area (Å²) in [6, 6.07) is 76.5. The second-order valence-corrected chi connectivity index (χ2v) is 27.2. The van der Waals surface area contributed by atoms with Gasteiger partial charge in [-0.05, 0) is 167 Å². The molecule has 0 spiro atoms. The first kappa shape index (κ1) is 51.8. The summed E-state index contributed by atoms with van der Waals surface area (Å²) in [5, 5.41) is 2.61. The Morgan fingerprint density at radius 3 is 1.60 bits per heavy atom. The number of fused-ring (bicyclic) bond motifs is 8. The van der Waals surface area contributed by atoms with Crippen molar-refractivity contribution in [2.75, 3.05) is 23.0 Å². The lowest BCUT2D eigenvalue weighted by atomic mass is 9.33. The minimum atomic E-state index is -0.147. The lowest BCUT2D eigenvalue weighted by Gasteiger charge is -2.45. The molecular formula is C76H69BN2O2S. The van der Waals surface area contributed by atoms with Crippen molar-refractivity contribution in [3.05, 3.63) is 222 Å². The summed E-state index contributed by atoms with van der Waals surface area (Å²) >= 11 is 1.87. The molecule has 3 aliphatic heterocycles. The van der Waals surface area contributed by atoms with Crippen LogP contribution in [0.5, 0.6) is 11.5 Å². The van der Waals surface area contributed by atoms with Crippen LogP contribution in [-0.2, 0) is 16.2 Å². The van der Waals surface area contributed by atoms with Gasteiger partial charge in [-0.15, -0.1) is 11.3 Å². The smallest absolute Gasteiger partial charge is 0.252 e. The summed E-state index contributed by atoms with van der Waals surface area (Å²) < 4.78 is 15.9. The van der Waals surface area contributed by atoms with E-state index in [4.69, 9.17) is 9.47 Å². The predicted molar refractivity (Wildman–Crippen MR) is 352 cm³/mol. The third kappa shape index (κ3) is 8.98. The van der Waals surface area contributed by atoms with Crippen LogP contribution in [0.2, 0.25) is 0 Å². The van der Waals surface area contributed by atoms with E-state index in [1.165, 1.54) is 103 Å². The molecule has 10 aromatic carbocycles. The fourth-order valence-corrected chi connectivity index (χ4v) is 14.0. The molecule has 82 heavy (non-hydrogen) atoms. The monoisotopic (exact) mass is 1080 g/mol. The molecule has 0 bridgehead atoms.